The van der Waals surface area contributed by atoms with Crippen LogP contribution in [0.2, 0.25) is 0 Å². The minimum Gasteiger partial charge on any atom is -0.460 e. The van der Waals surface area contributed by atoms with Gasteiger partial charge in [0, 0.05) is 18.4 Å². The minimum absolute atomic E-state index is 0.0824. The summed E-state index contributed by atoms with van der Waals surface area (Å²) < 4.78 is 39.5. The average Bonchev–Trinajstić information content (AvgIpc) is 3.24. The van der Waals surface area contributed by atoms with E-state index in [0.29, 0.717) is 23.5 Å². The molecule has 33 heavy (non-hydrogen) atoms. The van der Waals surface area contributed by atoms with Crippen LogP contribution in [0.15, 0.2) is 72.8 Å². The molecule has 0 saturated heterocycles. The van der Waals surface area contributed by atoms with Gasteiger partial charge in [-0.2, -0.15) is 4.98 Å². The summed E-state index contributed by atoms with van der Waals surface area (Å²) in [6, 6.07) is 18.3. The van der Waals surface area contributed by atoms with E-state index in [0.717, 1.165) is 0 Å². The van der Waals surface area contributed by atoms with Gasteiger partial charge in [0.1, 0.15) is 18.2 Å². The summed E-state index contributed by atoms with van der Waals surface area (Å²) in [6.45, 7) is 0.595. The van der Waals surface area contributed by atoms with Crippen LogP contribution in [0.3, 0.4) is 0 Å². The van der Waals surface area contributed by atoms with Gasteiger partial charge >= 0.3 is 6.01 Å². The predicted octanol–water partition coefficient (Wildman–Crippen LogP) is 4.49. The van der Waals surface area contributed by atoms with E-state index in [-0.39, 0.29) is 29.9 Å². The zero-order valence-corrected chi connectivity index (χ0v) is 17.7. The van der Waals surface area contributed by atoms with Crippen LogP contribution >= 0.6 is 0 Å². The molecule has 0 atom stereocenters. The van der Waals surface area contributed by atoms with Crippen molar-refractivity contribution in [1.82, 2.24) is 14.8 Å². The van der Waals surface area contributed by atoms with Crippen molar-refractivity contribution in [3.8, 4) is 23.1 Å². The lowest BCUT2D eigenvalue weighted by Gasteiger charge is -2.09. The Balaban J connectivity index is 1.60. The quantitative estimate of drug-likeness (QED) is 0.400. The Morgan fingerprint density at radius 1 is 0.970 bits per heavy atom. The Labute approximate surface area is 188 Å². The lowest BCUT2D eigenvalue weighted by Crippen LogP contribution is -2.12. The number of anilines is 1. The maximum atomic E-state index is 14.5. The fourth-order valence-corrected chi connectivity index (χ4v) is 3.06. The number of halogens is 2. The topological polar surface area (TPSA) is 78.3 Å². The first-order chi connectivity index (χ1) is 16.0. The molecule has 1 amide bonds. The fourth-order valence-electron chi connectivity index (χ4n) is 3.06. The Bertz CT molecular complexity index is 1240. The van der Waals surface area contributed by atoms with Gasteiger partial charge in [-0.25, -0.2) is 13.5 Å². The van der Waals surface area contributed by atoms with Crippen LogP contribution in [0, 0.1) is 11.6 Å². The molecule has 3 aromatic carbocycles. The molecule has 0 aliphatic carbocycles. The zero-order chi connectivity index (χ0) is 23.2. The third-order valence-electron chi connectivity index (χ3n) is 4.70. The standard InChI is InChI=1S/C24H20F2N4O3/c1-32-14-15-33-24-28-22(20-4-2-3-5-21(20)26)30(29-24)19-12-10-18(11-13-19)27-23(31)16-6-8-17(25)9-7-16/h2-13H,14-15H2,1H3,(H,27,31). The van der Waals surface area contributed by atoms with E-state index in [1.165, 1.54) is 35.0 Å². The number of hydrogen-bond donors (Lipinski definition) is 1. The van der Waals surface area contributed by atoms with Gasteiger partial charge in [-0.05, 0) is 60.7 Å². The molecule has 1 aromatic heterocycles. The first-order valence-corrected chi connectivity index (χ1v) is 10.1. The highest BCUT2D eigenvalue weighted by atomic mass is 19.1. The molecule has 7 nitrogen and oxygen atoms in total. The molecule has 0 saturated carbocycles. The van der Waals surface area contributed by atoms with E-state index < -0.39 is 11.6 Å². The van der Waals surface area contributed by atoms with Gasteiger partial charge in [-0.3, -0.25) is 4.79 Å². The Hall–Kier alpha value is -4.11. The van der Waals surface area contributed by atoms with Crippen LogP contribution in [0.1, 0.15) is 10.4 Å². The molecule has 1 N–H and O–H groups in total. The number of carbonyl (C=O) groups excluding carboxylic acids is 1. The molecule has 0 aliphatic rings. The Morgan fingerprint density at radius 2 is 1.70 bits per heavy atom. The first kappa shape index (κ1) is 22.1. The first-order valence-electron chi connectivity index (χ1n) is 10.1. The number of nitrogens with zero attached hydrogens (tertiary/aromatic N) is 3. The number of amides is 1. The molecular weight excluding hydrogens is 430 g/mol. The van der Waals surface area contributed by atoms with Crippen molar-refractivity contribution >= 4 is 11.6 Å². The molecule has 4 rings (SSSR count). The number of carbonyl (C=O) groups is 1. The summed E-state index contributed by atoms with van der Waals surface area (Å²) in [5.74, 6) is -0.967. The van der Waals surface area contributed by atoms with Crippen LogP contribution in [0.25, 0.3) is 17.1 Å². The van der Waals surface area contributed by atoms with Crippen molar-refractivity contribution in [1.29, 1.82) is 0 Å². The van der Waals surface area contributed by atoms with Crippen molar-refractivity contribution in [3.05, 3.63) is 90.0 Å². The van der Waals surface area contributed by atoms with E-state index in [2.05, 4.69) is 15.4 Å². The van der Waals surface area contributed by atoms with Gasteiger partial charge in [0.15, 0.2) is 5.82 Å². The van der Waals surface area contributed by atoms with Gasteiger partial charge in [0.05, 0.1) is 17.9 Å². The number of nitrogens with one attached hydrogen (secondary N) is 1. The summed E-state index contributed by atoms with van der Waals surface area (Å²) in [5, 5.41) is 7.10. The van der Waals surface area contributed by atoms with Crippen LogP contribution < -0.4 is 10.1 Å². The molecule has 9 heteroatoms. The molecular formula is C24H20F2N4O3. The molecule has 0 fully saturated rings. The number of aromatic nitrogens is 3. The summed E-state index contributed by atoms with van der Waals surface area (Å²) >= 11 is 0. The minimum atomic E-state index is -0.447. The predicted molar refractivity (Wildman–Crippen MR) is 118 cm³/mol. The van der Waals surface area contributed by atoms with Crippen molar-refractivity contribution in [2.75, 3.05) is 25.6 Å². The van der Waals surface area contributed by atoms with Crippen LogP contribution in [0.4, 0.5) is 14.5 Å². The summed E-state index contributed by atoms with van der Waals surface area (Å²) in [4.78, 5) is 16.7. The molecule has 0 bridgehead atoms. The van der Waals surface area contributed by atoms with Crippen molar-refractivity contribution in [3.63, 3.8) is 0 Å². The molecule has 168 valence electrons. The summed E-state index contributed by atoms with van der Waals surface area (Å²) in [5.41, 5.74) is 1.70. The second kappa shape index (κ2) is 10.0. The molecule has 4 aromatic rings. The van der Waals surface area contributed by atoms with Crippen LogP contribution in [-0.2, 0) is 4.74 Å². The van der Waals surface area contributed by atoms with E-state index in [4.69, 9.17) is 9.47 Å². The second-order valence-electron chi connectivity index (χ2n) is 6.96. The van der Waals surface area contributed by atoms with E-state index in [1.54, 1.807) is 49.6 Å². The van der Waals surface area contributed by atoms with Gasteiger partial charge in [0.25, 0.3) is 5.91 Å². The number of benzene rings is 3. The number of hydrogen-bond acceptors (Lipinski definition) is 5. The van der Waals surface area contributed by atoms with Gasteiger partial charge < -0.3 is 14.8 Å². The summed E-state index contributed by atoms with van der Waals surface area (Å²) in [6.07, 6.45) is 0. The highest BCUT2D eigenvalue weighted by Crippen LogP contribution is 2.26. The maximum absolute atomic E-state index is 14.5. The van der Waals surface area contributed by atoms with E-state index >= 15 is 0 Å². The van der Waals surface area contributed by atoms with Gasteiger partial charge in [-0.15, -0.1) is 5.10 Å². The monoisotopic (exact) mass is 450 g/mol. The van der Waals surface area contributed by atoms with Crippen molar-refractivity contribution < 1.29 is 23.0 Å². The molecule has 0 radical (unpaired) electrons. The Kier molecular flexibility index (Phi) is 6.70. The smallest absolute Gasteiger partial charge is 0.336 e. The molecule has 0 aliphatic heterocycles. The normalized spacial score (nSPS) is 10.8. The van der Waals surface area contributed by atoms with Crippen molar-refractivity contribution in [2.24, 2.45) is 0 Å². The number of methoxy groups -OCH3 is 1. The van der Waals surface area contributed by atoms with Gasteiger partial charge in [0.2, 0.25) is 0 Å². The van der Waals surface area contributed by atoms with E-state index in [1.807, 2.05) is 0 Å². The fraction of sp³-hybridized carbons (Fsp3) is 0.125. The van der Waals surface area contributed by atoms with Gasteiger partial charge in [-0.1, -0.05) is 12.1 Å². The molecule has 0 unspecified atom stereocenters. The second-order valence-corrected chi connectivity index (χ2v) is 6.96. The van der Waals surface area contributed by atoms with Crippen LogP contribution in [0.5, 0.6) is 6.01 Å². The average molecular weight is 450 g/mol. The lowest BCUT2D eigenvalue weighted by atomic mass is 10.2. The van der Waals surface area contributed by atoms with Crippen LogP contribution in [-0.4, -0.2) is 41.0 Å². The molecule has 1 heterocycles. The maximum Gasteiger partial charge on any atom is 0.336 e. The highest BCUT2D eigenvalue weighted by Gasteiger charge is 2.18. The zero-order valence-electron chi connectivity index (χ0n) is 17.7. The number of rotatable bonds is 8. The van der Waals surface area contributed by atoms with E-state index in [9.17, 15) is 13.6 Å². The number of ether oxygens (including phenoxy) is 2. The SMILES string of the molecule is COCCOc1nc(-c2ccccc2F)n(-c2ccc(NC(=O)c3ccc(F)cc3)cc2)n1. The summed E-state index contributed by atoms with van der Waals surface area (Å²) in [7, 11) is 1.55. The van der Waals surface area contributed by atoms with Crippen molar-refractivity contribution in [2.45, 2.75) is 0 Å². The lowest BCUT2D eigenvalue weighted by molar-refractivity contribution is 0.102. The highest BCUT2D eigenvalue weighted by molar-refractivity contribution is 6.04. The third kappa shape index (κ3) is 5.21. The largest absolute Gasteiger partial charge is 0.460 e. The Morgan fingerprint density at radius 3 is 2.39 bits per heavy atom. The third-order valence-corrected chi connectivity index (χ3v) is 4.70. The molecule has 0 spiro atoms.